The van der Waals surface area contributed by atoms with Gasteiger partial charge in [0.1, 0.15) is 5.75 Å². The van der Waals surface area contributed by atoms with Gasteiger partial charge in [0.05, 0.1) is 19.6 Å². The normalized spacial score (nSPS) is 15.9. The van der Waals surface area contributed by atoms with E-state index in [2.05, 4.69) is 32.2 Å². The second-order valence-electron chi connectivity index (χ2n) is 6.96. The van der Waals surface area contributed by atoms with Gasteiger partial charge in [0, 0.05) is 16.6 Å². The molecule has 2 aromatic rings. The van der Waals surface area contributed by atoms with Gasteiger partial charge in [-0.3, -0.25) is 9.69 Å². The van der Waals surface area contributed by atoms with Crippen molar-refractivity contribution in [3.05, 3.63) is 64.1 Å². The number of amides is 1. The minimum Gasteiger partial charge on any atom is -0.496 e. The molecule has 27 heavy (non-hydrogen) atoms. The lowest BCUT2D eigenvalue weighted by Gasteiger charge is -2.35. The number of ether oxygens (including phenoxy) is 1. The second kappa shape index (κ2) is 9.90. The van der Waals surface area contributed by atoms with Crippen LogP contribution in [0.4, 0.5) is 0 Å². The zero-order valence-corrected chi connectivity index (χ0v) is 17.4. The third kappa shape index (κ3) is 5.56. The minimum absolute atomic E-state index is 0.0502. The van der Waals surface area contributed by atoms with Gasteiger partial charge < -0.3 is 10.1 Å². The van der Waals surface area contributed by atoms with Gasteiger partial charge in [0.15, 0.2) is 0 Å². The van der Waals surface area contributed by atoms with E-state index in [4.69, 9.17) is 4.74 Å². The van der Waals surface area contributed by atoms with Crippen molar-refractivity contribution in [1.82, 2.24) is 10.2 Å². The molecule has 144 valence electrons. The summed E-state index contributed by atoms with van der Waals surface area (Å²) in [7, 11) is 1.71. The molecule has 1 N–H and O–H groups in total. The summed E-state index contributed by atoms with van der Waals surface area (Å²) in [6.07, 6.45) is 4.09. The van der Waals surface area contributed by atoms with Crippen molar-refractivity contribution in [3.8, 4) is 5.75 Å². The van der Waals surface area contributed by atoms with Crippen molar-refractivity contribution < 1.29 is 9.53 Å². The number of nitrogens with zero attached hydrogens (tertiary/aromatic N) is 1. The number of rotatable bonds is 7. The first-order chi connectivity index (χ1) is 13.2. The van der Waals surface area contributed by atoms with Gasteiger partial charge in [-0.15, -0.1) is 0 Å². The molecule has 2 aromatic carbocycles. The Morgan fingerprint density at radius 3 is 2.52 bits per heavy atom. The van der Waals surface area contributed by atoms with Crippen molar-refractivity contribution in [2.45, 2.75) is 31.7 Å². The SMILES string of the molecule is COc1ccccc1[C@H](CNC(=O)Cc1ccc(Br)cc1)N1CCCCC1. The third-order valence-electron chi connectivity index (χ3n) is 5.10. The molecule has 4 nitrogen and oxygen atoms in total. The summed E-state index contributed by atoms with van der Waals surface area (Å²) in [6.45, 7) is 2.71. The lowest BCUT2D eigenvalue weighted by Crippen LogP contribution is -2.41. The molecule has 0 bridgehead atoms. The number of piperidine rings is 1. The first-order valence-electron chi connectivity index (χ1n) is 9.55. The molecule has 5 heteroatoms. The number of hydrogen-bond acceptors (Lipinski definition) is 3. The summed E-state index contributed by atoms with van der Waals surface area (Å²) in [5.41, 5.74) is 2.16. The monoisotopic (exact) mass is 430 g/mol. The molecule has 1 heterocycles. The number of benzene rings is 2. The fraction of sp³-hybridized carbons (Fsp3) is 0.409. The van der Waals surface area contributed by atoms with Crippen LogP contribution in [0.25, 0.3) is 0 Å². The van der Waals surface area contributed by atoms with Gasteiger partial charge in [-0.05, 0) is 49.7 Å². The fourth-order valence-corrected chi connectivity index (χ4v) is 3.93. The zero-order valence-electron chi connectivity index (χ0n) is 15.8. The van der Waals surface area contributed by atoms with Gasteiger partial charge in [-0.2, -0.15) is 0 Å². The Bertz CT molecular complexity index is 742. The molecule has 0 aromatic heterocycles. The van der Waals surface area contributed by atoms with Gasteiger partial charge >= 0.3 is 0 Å². The predicted octanol–water partition coefficient (Wildman–Crippen LogP) is 4.34. The van der Waals surface area contributed by atoms with Crippen molar-refractivity contribution >= 4 is 21.8 Å². The number of methoxy groups -OCH3 is 1. The summed E-state index contributed by atoms with van der Waals surface area (Å²) >= 11 is 3.43. The Morgan fingerprint density at radius 2 is 1.81 bits per heavy atom. The summed E-state index contributed by atoms with van der Waals surface area (Å²) < 4.78 is 6.61. The standard InChI is InChI=1S/C22H27BrN2O2/c1-27-21-8-4-3-7-19(21)20(25-13-5-2-6-14-25)16-24-22(26)15-17-9-11-18(23)12-10-17/h3-4,7-12,20H,2,5-6,13-16H2,1H3,(H,24,26)/t20-/m0/s1. The molecule has 1 saturated heterocycles. The fourth-order valence-electron chi connectivity index (χ4n) is 3.67. The molecule has 1 fully saturated rings. The van der Waals surface area contributed by atoms with Crippen LogP contribution in [0, 0.1) is 0 Å². The molecule has 0 saturated carbocycles. The van der Waals surface area contributed by atoms with Crippen molar-refractivity contribution in [3.63, 3.8) is 0 Å². The predicted molar refractivity (Wildman–Crippen MR) is 112 cm³/mol. The summed E-state index contributed by atoms with van der Waals surface area (Å²) in [5, 5.41) is 3.15. The van der Waals surface area contributed by atoms with E-state index in [1.807, 2.05) is 42.5 Å². The molecule has 0 aliphatic carbocycles. The molecule has 1 aliphatic heterocycles. The molecule has 1 amide bonds. The Labute approximate surface area is 170 Å². The number of hydrogen-bond donors (Lipinski definition) is 1. The summed E-state index contributed by atoms with van der Waals surface area (Å²) in [4.78, 5) is 15.0. The molecular formula is C22H27BrN2O2. The number of likely N-dealkylation sites (tertiary alicyclic amines) is 1. The van der Waals surface area contributed by atoms with Crippen molar-refractivity contribution in [1.29, 1.82) is 0 Å². The van der Waals surface area contributed by atoms with Gasteiger partial charge in [0.25, 0.3) is 0 Å². The maximum atomic E-state index is 12.5. The Balaban J connectivity index is 1.69. The highest BCUT2D eigenvalue weighted by Crippen LogP contribution is 2.30. The first kappa shape index (κ1) is 19.9. The van der Waals surface area contributed by atoms with E-state index in [1.54, 1.807) is 7.11 Å². The lowest BCUT2D eigenvalue weighted by atomic mass is 10.0. The third-order valence-corrected chi connectivity index (χ3v) is 5.63. The van der Waals surface area contributed by atoms with E-state index < -0.39 is 0 Å². The lowest BCUT2D eigenvalue weighted by molar-refractivity contribution is -0.120. The quantitative estimate of drug-likeness (QED) is 0.709. The van der Waals surface area contributed by atoms with Gasteiger partial charge in [-0.1, -0.05) is 52.7 Å². The Morgan fingerprint density at radius 1 is 1.11 bits per heavy atom. The topological polar surface area (TPSA) is 41.6 Å². The van der Waals surface area contributed by atoms with Crippen LogP contribution >= 0.6 is 15.9 Å². The van der Waals surface area contributed by atoms with Crippen LogP contribution in [0.2, 0.25) is 0 Å². The Kier molecular flexibility index (Phi) is 7.30. The van der Waals surface area contributed by atoms with E-state index in [-0.39, 0.29) is 11.9 Å². The van der Waals surface area contributed by atoms with Gasteiger partial charge in [0.2, 0.25) is 5.91 Å². The van der Waals surface area contributed by atoms with E-state index in [1.165, 1.54) is 19.3 Å². The number of halogens is 1. The van der Waals surface area contributed by atoms with E-state index in [0.29, 0.717) is 13.0 Å². The van der Waals surface area contributed by atoms with Crippen LogP contribution in [0.3, 0.4) is 0 Å². The van der Waals surface area contributed by atoms with Crippen molar-refractivity contribution in [2.24, 2.45) is 0 Å². The highest BCUT2D eigenvalue weighted by atomic mass is 79.9. The second-order valence-corrected chi connectivity index (χ2v) is 7.88. The van der Waals surface area contributed by atoms with Gasteiger partial charge in [-0.25, -0.2) is 0 Å². The zero-order chi connectivity index (χ0) is 19.1. The maximum Gasteiger partial charge on any atom is 0.224 e. The minimum atomic E-state index is 0.0502. The van der Waals surface area contributed by atoms with E-state index in [9.17, 15) is 4.79 Å². The maximum absolute atomic E-state index is 12.5. The highest BCUT2D eigenvalue weighted by molar-refractivity contribution is 9.10. The number of carbonyl (C=O) groups excluding carboxylic acids is 1. The first-order valence-corrected chi connectivity index (χ1v) is 10.3. The van der Waals surface area contributed by atoms with Crippen molar-refractivity contribution in [2.75, 3.05) is 26.7 Å². The summed E-state index contributed by atoms with van der Waals surface area (Å²) in [5.74, 6) is 0.935. The number of nitrogens with one attached hydrogen (secondary N) is 1. The average molecular weight is 431 g/mol. The molecular weight excluding hydrogens is 404 g/mol. The van der Waals surface area contributed by atoms with Crippen LogP contribution in [0.15, 0.2) is 53.0 Å². The molecule has 1 aliphatic rings. The molecule has 3 rings (SSSR count). The van der Waals surface area contributed by atoms with Crippen LogP contribution < -0.4 is 10.1 Å². The Hall–Kier alpha value is -1.85. The van der Waals surface area contributed by atoms with Crippen LogP contribution in [-0.2, 0) is 11.2 Å². The average Bonchev–Trinajstić information content (AvgIpc) is 2.71. The smallest absolute Gasteiger partial charge is 0.224 e. The molecule has 0 unspecified atom stereocenters. The van der Waals surface area contributed by atoms with E-state index >= 15 is 0 Å². The molecule has 0 radical (unpaired) electrons. The number of para-hydroxylation sites is 1. The molecule has 0 spiro atoms. The number of carbonyl (C=O) groups is 1. The molecule has 1 atom stereocenters. The summed E-state index contributed by atoms with van der Waals surface area (Å²) in [6, 6.07) is 16.2. The van der Waals surface area contributed by atoms with Crippen LogP contribution in [0.1, 0.15) is 36.4 Å². The van der Waals surface area contributed by atoms with Crippen LogP contribution in [0.5, 0.6) is 5.75 Å². The largest absolute Gasteiger partial charge is 0.496 e. The highest BCUT2D eigenvalue weighted by Gasteiger charge is 2.25. The van der Waals surface area contributed by atoms with E-state index in [0.717, 1.165) is 34.4 Å². The van der Waals surface area contributed by atoms with Crippen LogP contribution in [-0.4, -0.2) is 37.6 Å².